The molecule has 7 nitrogen and oxygen atoms in total. The van der Waals surface area contributed by atoms with E-state index in [1.165, 1.54) is 30.0 Å². The van der Waals surface area contributed by atoms with Gasteiger partial charge in [0.1, 0.15) is 5.75 Å². The molecule has 0 aliphatic carbocycles. The van der Waals surface area contributed by atoms with Crippen LogP contribution in [0.4, 0.5) is 0 Å². The maximum Gasteiger partial charge on any atom is 0.219 e. The van der Waals surface area contributed by atoms with Gasteiger partial charge in [0.2, 0.25) is 16.4 Å². The molecule has 0 aliphatic rings. The third-order valence-corrected chi connectivity index (χ3v) is 4.35. The predicted molar refractivity (Wildman–Crippen MR) is 109 cm³/mol. The number of hydrogen-bond acceptors (Lipinski definition) is 6. The van der Waals surface area contributed by atoms with Crippen molar-refractivity contribution in [3.05, 3.63) is 53.0 Å². The molecule has 0 bridgehead atoms. The lowest BCUT2D eigenvalue weighted by Gasteiger charge is -2.09. The molecule has 0 aliphatic heterocycles. The fraction of sp³-hybridized carbons (Fsp3) is 0.300. The number of ketones is 1. The Morgan fingerprint density at radius 1 is 1.29 bits per heavy atom. The molecule has 146 valence electrons. The van der Waals surface area contributed by atoms with Crippen LogP contribution in [0.2, 0.25) is 0 Å². The standard InChI is InChI=1S/C20H22N4O3S/c1-2-3-4-7-12-26-17-10-6-5-9-15(17)16(25)14-21-24-19(22-23-20(24)28)18-11-8-13-27-18/h5-6,8-11,13-14H,2-4,7,12H2,1H3,(H,23,28)/b21-14-. The third kappa shape index (κ3) is 4.83. The number of nitrogens with one attached hydrogen (secondary N) is 1. The molecule has 3 aromatic rings. The molecule has 0 saturated carbocycles. The topological polar surface area (TPSA) is 85.4 Å². The summed E-state index contributed by atoms with van der Waals surface area (Å²) < 4.78 is 12.7. The average molecular weight is 398 g/mol. The maximum absolute atomic E-state index is 12.7. The highest BCUT2D eigenvalue weighted by molar-refractivity contribution is 7.71. The molecule has 2 heterocycles. The summed E-state index contributed by atoms with van der Waals surface area (Å²) in [4.78, 5) is 12.7. The second kappa shape index (κ2) is 9.80. The molecule has 0 saturated heterocycles. The van der Waals surface area contributed by atoms with Gasteiger partial charge in [0.25, 0.3) is 0 Å². The number of aromatic nitrogens is 3. The third-order valence-electron chi connectivity index (χ3n) is 4.09. The SMILES string of the molecule is CCCCCCOc1ccccc1C(=O)/C=N\n1c(-c2ccco2)n[nH]c1=S. The number of carbonyl (C=O) groups is 1. The minimum Gasteiger partial charge on any atom is -0.493 e. The van der Waals surface area contributed by atoms with E-state index in [0.29, 0.717) is 29.5 Å². The number of aromatic amines is 1. The van der Waals surface area contributed by atoms with Gasteiger partial charge in [-0.3, -0.25) is 4.79 Å². The van der Waals surface area contributed by atoms with Crippen LogP contribution in [0.1, 0.15) is 43.0 Å². The zero-order valence-corrected chi connectivity index (χ0v) is 16.4. The quantitative estimate of drug-likeness (QED) is 0.228. The van der Waals surface area contributed by atoms with Gasteiger partial charge >= 0.3 is 0 Å². The van der Waals surface area contributed by atoms with E-state index in [9.17, 15) is 4.79 Å². The summed E-state index contributed by atoms with van der Waals surface area (Å²) in [6.07, 6.45) is 7.16. The number of para-hydroxylation sites is 1. The Morgan fingerprint density at radius 3 is 2.93 bits per heavy atom. The van der Waals surface area contributed by atoms with Crippen LogP contribution in [0.5, 0.6) is 5.75 Å². The van der Waals surface area contributed by atoms with Crippen LogP contribution in [0, 0.1) is 4.77 Å². The van der Waals surface area contributed by atoms with Crippen LogP contribution in [0.25, 0.3) is 11.6 Å². The molecule has 2 aromatic heterocycles. The van der Waals surface area contributed by atoms with Crippen molar-refractivity contribution in [2.24, 2.45) is 5.10 Å². The molecular formula is C20H22N4O3S. The number of rotatable bonds is 10. The average Bonchev–Trinajstić information content (AvgIpc) is 3.36. The fourth-order valence-corrected chi connectivity index (χ4v) is 2.83. The van der Waals surface area contributed by atoms with Crippen molar-refractivity contribution in [3.8, 4) is 17.3 Å². The van der Waals surface area contributed by atoms with E-state index >= 15 is 0 Å². The van der Waals surface area contributed by atoms with Crippen molar-refractivity contribution in [2.75, 3.05) is 6.61 Å². The fourth-order valence-electron chi connectivity index (χ4n) is 2.65. The van der Waals surface area contributed by atoms with E-state index in [1.54, 1.807) is 30.3 Å². The molecule has 28 heavy (non-hydrogen) atoms. The highest BCUT2D eigenvalue weighted by Gasteiger charge is 2.13. The molecule has 0 spiro atoms. The van der Waals surface area contributed by atoms with E-state index in [1.807, 2.05) is 6.07 Å². The van der Waals surface area contributed by atoms with E-state index in [-0.39, 0.29) is 10.6 Å². The van der Waals surface area contributed by atoms with Gasteiger partial charge in [0, 0.05) is 0 Å². The van der Waals surface area contributed by atoms with Gasteiger partial charge in [-0.1, -0.05) is 38.3 Å². The Labute approximate surface area is 168 Å². The van der Waals surface area contributed by atoms with Gasteiger partial charge in [0.05, 0.1) is 24.6 Å². The summed E-state index contributed by atoms with van der Waals surface area (Å²) in [6.45, 7) is 2.74. The Hall–Kier alpha value is -3.00. The first-order valence-corrected chi connectivity index (χ1v) is 9.63. The van der Waals surface area contributed by atoms with Crippen molar-refractivity contribution >= 4 is 24.2 Å². The Morgan fingerprint density at radius 2 is 2.14 bits per heavy atom. The first-order chi connectivity index (χ1) is 13.7. The number of benzene rings is 1. The van der Waals surface area contributed by atoms with Crippen LogP contribution in [-0.4, -0.2) is 33.5 Å². The van der Waals surface area contributed by atoms with Gasteiger partial charge in [-0.05, 0) is 42.9 Å². The zero-order valence-electron chi connectivity index (χ0n) is 15.6. The molecule has 3 rings (SSSR count). The summed E-state index contributed by atoms with van der Waals surface area (Å²) in [5.41, 5.74) is 0.455. The highest BCUT2D eigenvalue weighted by Crippen LogP contribution is 2.20. The van der Waals surface area contributed by atoms with Gasteiger partial charge in [-0.2, -0.15) is 9.78 Å². The minimum atomic E-state index is -0.280. The minimum absolute atomic E-state index is 0.260. The molecule has 0 amide bonds. The Kier molecular flexibility index (Phi) is 6.91. The van der Waals surface area contributed by atoms with E-state index in [4.69, 9.17) is 21.4 Å². The Bertz CT molecular complexity index is 989. The molecular weight excluding hydrogens is 376 g/mol. The predicted octanol–water partition coefficient (Wildman–Crippen LogP) is 4.88. The van der Waals surface area contributed by atoms with Crippen LogP contribution in [0.15, 0.2) is 52.2 Å². The number of Topliss-reactive ketones (excluding diaryl/α,β-unsaturated/α-hetero) is 1. The lowest BCUT2D eigenvalue weighted by molar-refractivity contribution is 0.106. The van der Waals surface area contributed by atoms with Gasteiger partial charge in [-0.15, -0.1) is 5.10 Å². The molecule has 8 heteroatoms. The number of ether oxygens (including phenoxy) is 1. The van der Waals surface area contributed by atoms with Crippen LogP contribution < -0.4 is 4.74 Å². The lowest BCUT2D eigenvalue weighted by atomic mass is 10.1. The van der Waals surface area contributed by atoms with E-state index < -0.39 is 0 Å². The number of H-pyrrole nitrogens is 1. The number of carbonyl (C=O) groups excluding carboxylic acids is 1. The second-order valence-electron chi connectivity index (χ2n) is 6.16. The molecule has 0 atom stereocenters. The largest absolute Gasteiger partial charge is 0.493 e. The number of unbranched alkanes of at least 4 members (excludes halogenated alkanes) is 3. The van der Waals surface area contributed by atoms with Gasteiger partial charge in [-0.25, -0.2) is 5.10 Å². The van der Waals surface area contributed by atoms with E-state index in [0.717, 1.165) is 12.8 Å². The van der Waals surface area contributed by atoms with Crippen molar-refractivity contribution in [1.82, 2.24) is 14.9 Å². The summed E-state index contributed by atoms with van der Waals surface area (Å²) in [5, 5.41) is 10.9. The van der Waals surface area contributed by atoms with Crippen molar-refractivity contribution in [3.63, 3.8) is 0 Å². The summed E-state index contributed by atoms with van der Waals surface area (Å²) in [5.74, 6) is 1.16. The zero-order chi connectivity index (χ0) is 19.8. The second-order valence-corrected chi connectivity index (χ2v) is 6.54. The molecule has 0 fully saturated rings. The first-order valence-electron chi connectivity index (χ1n) is 9.22. The van der Waals surface area contributed by atoms with E-state index in [2.05, 4.69) is 22.2 Å². The van der Waals surface area contributed by atoms with Crippen molar-refractivity contribution in [2.45, 2.75) is 32.6 Å². The number of furan rings is 1. The van der Waals surface area contributed by atoms with Crippen LogP contribution in [0.3, 0.4) is 0 Å². The highest BCUT2D eigenvalue weighted by atomic mass is 32.1. The van der Waals surface area contributed by atoms with Crippen molar-refractivity contribution < 1.29 is 13.9 Å². The van der Waals surface area contributed by atoms with Gasteiger partial charge < -0.3 is 9.15 Å². The molecule has 1 aromatic carbocycles. The first kappa shape index (κ1) is 19.8. The normalized spacial score (nSPS) is 11.2. The lowest BCUT2D eigenvalue weighted by Crippen LogP contribution is -2.07. The number of hydrogen-bond donors (Lipinski definition) is 1. The molecule has 1 N–H and O–H groups in total. The maximum atomic E-state index is 12.7. The van der Waals surface area contributed by atoms with Crippen LogP contribution >= 0.6 is 12.2 Å². The van der Waals surface area contributed by atoms with Gasteiger partial charge in [0.15, 0.2) is 5.76 Å². The monoisotopic (exact) mass is 398 g/mol. The Balaban J connectivity index is 1.74. The molecule has 0 radical (unpaired) electrons. The summed E-state index contributed by atoms with van der Waals surface area (Å²) in [6, 6.07) is 10.6. The van der Waals surface area contributed by atoms with Crippen molar-refractivity contribution in [1.29, 1.82) is 0 Å². The summed E-state index contributed by atoms with van der Waals surface area (Å²) >= 11 is 5.19. The summed E-state index contributed by atoms with van der Waals surface area (Å²) in [7, 11) is 0. The molecule has 0 unspecified atom stereocenters. The van der Waals surface area contributed by atoms with Crippen LogP contribution in [-0.2, 0) is 0 Å². The smallest absolute Gasteiger partial charge is 0.219 e. The number of nitrogens with zero attached hydrogens (tertiary/aromatic N) is 3.